The molecule has 190 valence electrons. The number of sulfonamides is 1. The third kappa shape index (κ3) is 6.05. The normalized spacial score (nSPS) is 13.9. The average Bonchev–Trinajstić information content (AvgIpc) is 2.93. The first-order chi connectivity index (χ1) is 17.4. The van der Waals surface area contributed by atoms with Gasteiger partial charge in [-0.3, -0.25) is 9.10 Å². The van der Waals surface area contributed by atoms with Gasteiger partial charge in [-0.25, -0.2) is 8.42 Å². The molecule has 0 radical (unpaired) electrons. The second-order valence-corrected chi connectivity index (χ2v) is 11.5. The largest absolute Gasteiger partial charge is 0.372 e. The Kier molecular flexibility index (Phi) is 8.59. The fraction of sp³-hybridized carbons (Fsp3) is 0.321. The van der Waals surface area contributed by atoms with Gasteiger partial charge in [0.15, 0.2) is 0 Å². The van der Waals surface area contributed by atoms with Crippen molar-refractivity contribution in [1.29, 1.82) is 0 Å². The number of amides is 1. The van der Waals surface area contributed by atoms with Gasteiger partial charge in [0.05, 0.1) is 10.6 Å². The number of benzene rings is 3. The third-order valence-electron chi connectivity index (χ3n) is 6.46. The van der Waals surface area contributed by atoms with Crippen LogP contribution in [-0.2, 0) is 16.6 Å². The fourth-order valence-corrected chi connectivity index (χ4v) is 6.29. The standard InChI is InChI=1S/C28H33N3O3S2/c1-3-31(36(33,34)27-17-15-26(35-2)16-18-27)25-13-9-23(10-14-25)28(32)29-21-22-7-11-24(12-8-22)30-19-5-4-6-20-30/h7-18H,3-6,19-21H2,1-2H3,(H,29,32). The molecular weight excluding hydrogens is 490 g/mol. The Morgan fingerprint density at radius 3 is 2.14 bits per heavy atom. The minimum atomic E-state index is -3.70. The maximum atomic E-state index is 13.2. The van der Waals surface area contributed by atoms with Gasteiger partial charge >= 0.3 is 0 Å². The molecule has 8 heteroatoms. The minimum absolute atomic E-state index is 0.194. The molecule has 1 saturated heterocycles. The molecule has 0 spiro atoms. The number of hydrogen-bond acceptors (Lipinski definition) is 5. The topological polar surface area (TPSA) is 69.7 Å². The first-order valence-corrected chi connectivity index (χ1v) is 15.0. The van der Waals surface area contributed by atoms with Gasteiger partial charge in [0.1, 0.15) is 0 Å². The monoisotopic (exact) mass is 523 g/mol. The molecule has 1 aliphatic heterocycles. The summed E-state index contributed by atoms with van der Waals surface area (Å²) in [6.45, 7) is 4.72. The molecule has 4 rings (SSSR count). The smallest absolute Gasteiger partial charge is 0.264 e. The maximum absolute atomic E-state index is 13.2. The predicted octanol–water partition coefficient (Wildman–Crippen LogP) is 5.54. The van der Waals surface area contributed by atoms with Crippen molar-refractivity contribution in [3.8, 4) is 0 Å². The van der Waals surface area contributed by atoms with Crippen molar-refractivity contribution in [3.63, 3.8) is 0 Å². The number of carbonyl (C=O) groups excluding carboxylic acids is 1. The number of piperidine rings is 1. The van der Waals surface area contributed by atoms with Crippen LogP contribution in [0.15, 0.2) is 82.6 Å². The highest BCUT2D eigenvalue weighted by atomic mass is 32.2. The molecular formula is C28H33N3O3S2. The molecule has 0 unspecified atom stereocenters. The lowest BCUT2D eigenvalue weighted by Crippen LogP contribution is -2.31. The zero-order valence-corrected chi connectivity index (χ0v) is 22.4. The van der Waals surface area contributed by atoms with Crippen molar-refractivity contribution in [3.05, 3.63) is 83.9 Å². The molecule has 0 atom stereocenters. The molecule has 1 amide bonds. The second kappa shape index (κ2) is 11.8. The van der Waals surface area contributed by atoms with Gasteiger partial charge in [0, 0.05) is 42.3 Å². The van der Waals surface area contributed by atoms with Crippen LogP contribution in [0.4, 0.5) is 11.4 Å². The van der Waals surface area contributed by atoms with Crippen LogP contribution in [0.2, 0.25) is 0 Å². The molecule has 3 aromatic rings. The second-order valence-electron chi connectivity index (χ2n) is 8.79. The maximum Gasteiger partial charge on any atom is 0.264 e. The average molecular weight is 524 g/mol. The number of nitrogens with zero attached hydrogens (tertiary/aromatic N) is 2. The van der Waals surface area contributed by atoms with Crippen molar-refractivity contribution in [1.82, 2.24) is 5.32 Å². The Hall–Kier alpha value is -2.97. The predicted molar refractivity (Wildman–Crippen MR) is 149 cm³/mol. The minimum Gasteiger partial charge on any atom is -0.372 e. The Morgan fingerprint density at radius 2 is 1.56 bits per heavy atom. The quantitative estimate of drug-likeness (QED) is 0.373. The molecule has 0 aromatic heterocycles. The van der Waals surface area contributed by atoms with Crippen molar-refractivity contribution < 1.29 is 13.2 Å². The number of thioether (sulfide) groups is 1. The summed E-state index contributed by atoms with van der Waals surface area (Å²) in [4.78, 5) is 16.4. The summed E-state index contributed by atoms with van der Waals surface area (Å²) >= 11 is 1.56. The van der Waals surface area contributed by atoms with E-state index in [9.17, 15) is 13.2 Å². The van der Waals surface area contributed by atoms with E-state index in [1.165, 1.54) is 29.3 Å². The Morgan fingerprint density at radius 1 is 0.917 bits per heavy atom. The number of nitrogens with one attached hydrogen (secondary N) is 1. The van der Waals surface area contributed by atoms with Gasteiger partial charge in [-0.1, -0.05) is 12.1 Å². The number of hydrogen-bond donors (Lipinski definition) is 1. The Balaban J connectivity index is 1.38. The molecule has 3 aromatic carbocycles. The lowest BCUT2D eigenvalue weighted by Gasteiger charge is -2.28. The van der Waals surface area contributed by atoms with E-state index in [1.54, 1.807) is 67.2 Å². The molecule has 1 heterocycles. The van der Waals surface area contributed by atoms with Gasteiger partial charge in [0.2, 0.25) is 0 Å². The highest BCUT2D eigenvalue weighted by Crippen LogP contribution is 2.26. The summed E-state index contributed by atoms with van der Waals surface area (Å²) in [6.07, 6.45) is 5.74. The van der Waals surface area contributed by atoms with E-state index < -0.39 is 10.0 Å². The summed E-state index contributed by atoms with van der Waals surface area (Å²) in [5.41, 5.74) is 3.28. The Bertz CT molecular complexity index is 1250. The van der Waals surface area contributed by atoms with Crippen molar-refractivity contribution >= 4 is 39.1 Å². The summed E-state index contributed by atoms with van der Waals surface area (Å²) in [6, 6.07) is 21.9. The molecule has 6 nitrogen and oxygen atoms in total. The number of rotatable bonds is 9. The van der Waals surface area contributed by atoms with Gasteiger partial charge in [-0.05, 0) is 98.7 Å². The number of anilines is 2. The van der Waals surface area contributed by atoms with E-state index in [0.29, 0.717) is 17.8 Å². The summed E-state index contributed by atoms with van der Waals surface area (Å²) in [5, 5.41) is 2.96. The fourth-order valence-electron chi connectivity index (χ4n) is 4.41. The first-order valence-electron chi connectivity index (χ1n) is 12.3. The van der Waals surface area contributed by atoms with Crippen LogP contribution in [-0.4, -0.2) is 40.2 Å². The van der Waals surface area contributed by atoms with Crippen LogP contribution in [0, 0.1) is 0 Å². The molecule has 36 heavy (non-hydrogen) atoms. The van der Waals surface area contributed by atoms with Crippen LogP contribution in [0.5, 0.6) is 0 Å². The lowest BCUT2D eigenvalue weighted by atomic mass is 10.1. The van der Waals surface area contributed by atoms with Crippen LogP contribution < -0.4 is 14.5 Å². The third-order valence-corrected chi connectivity index (χ3v) is 9.12. The van der Waals surface area contributed by atoms with E-state index in [1.807, 2.05) is 6.26 Å². The van der Waals surface area contributed by atoms with Gasteiger partial charge in [-0.2, -0.15) is 0 Å². The number of carbonyl (C=O) groups is 1. The summed E-state index contributed by atoms with van der Waals surface area (Å²) < 4.78 is 27.8. The molecule has 1 fully saturated rings. The highest BCUT2D eigenvalue weighted by molar-refractivity contribution is 7.98. The summed E-state index contributed by atoms with van der Waals surface area (Å²) in [7, 11) is -3.70. The SMILES string of the molecule is CCN(c1ccc(C(=O)NCc2ccc(N3CCCCC3)cc2)cc1)S(=O)(=O)c1ccc(SC)cc1. The van der Waals surface area contributed by atoms with Crippen molar-refractivity contribution in [2.75, 3.05) is 35.1 Å². The van der Waals surface area contributed by atoms with Crippen molar-refractivity contribution in [2.24, 2.45) is 0 Å². The van der Waals surface area contributed by atoms with E-state index in [-0.39, 0.29) is 17.3 Å². The molecule has 0 bridgehead atoms. The zero-order chi connectivity index (χ0) is 25.5. The molecule has 1 aliphatic rings. The Labute approximate surface area is 218 Å². The highest BCUT2D eigenvalue weighted by Gasteiger charge is 2.23. The van der Waals surface area contributed by atoms with Gasteiger partial charge < -0.3 is 10.2 Å². The van der Waals surface area contributed by atoms with E-state index in [2.05, 4.69) is 34.5 Å². The van der Waals surface area contributed by atoms with Crippen LogP contribution in [0.3, 0.4) is 0 Å². The van der Waals surface area contributed by atoms with Gasteiger partial charge in [-0.15, -0.1) is 11.8 Å². The summed E-state index contributed by atoms with van der Waals surface area (Å²) in [5.74, 6) is -0.194. The van der Waals surface area contributed by atoms with E-state index in [4.69, 9.17) is 0 Å². The van der Waals surface area contributed by atoms with Crippen LogP contribution in [0.1, 0.15) is 42.1 Å². The molecule has 0 aliphatic carbocycles. The van der Waals surface area contributed by atoms with E-state index in [0.717, 1.165) is 23.5 Å². The van der Waals surface area contributed by atoms with Crippen molar-refractivity contribution in [2.45, 2.75) is 42.5 Å². The van der Waals surface area contributed by atoms with Crippen LogP contribution >= 0.6 is 11.8 Å². The first kappa shape index (κ1) is 26.1. The van der Waals surface area contributed by atoms with Crippen LogP contribution in [0.25, 0.3) is 0 Å². The lowest BCUT2D eigenvalue weighted by molar-refractivity contribution is 0.0951. The molecule has 1 N–H and O–H groups in total. The zero-order valence-electron chi connectivity index (χ0n) is 20.8. The van der Waals surface area contributed by atoms with Gasteiger partial charge in [0.25, 0.3) is 15.9 Å². The van der Waals surface area contributed by atoms with E-state index >= 15 is 0 Å². The molecule has 0 saturated carbocycles.